The highest BCUT2D eigenvalue weighted by molar-refractivity contribution is 7.98. The minimum Gasteiger partial charge on any atom is -0.390 e. The highest BCUT2D eigenvalue weighted by Gasteiger charge is 2.03. The molecule has 1 heterocycles. The molecule has 0 spiro atoms. The van der Waals surface area contributed by atoms with E-state index in [1.54, 1.807) is 17.8 Å². The number of aliphatic hydroxyl groups is 1. The summed E-state index contributed by atoms with van der Waals surface area (Å²) in [5, 5.41) is 9.82. The average molecular weight is 281 g/mol. The van der Waals surface area contributed by atoms with Crippen LogP contribution in [-0.4, -0.2) is 15.1 Å². The van der Waals surface area contributed by atoms with Gasteiger partial charge in [-0.1, -0.05) is 17.7 Å². The molecule has 1 N–H and O–H groups in total. The van der Waals surface area contributed by atoms with E-state index < -0.39 is 0 Å². The lowest BCUT2D eigenvalue weighted by Crippen LogP contribution is -2.00. The van der Waals surface area contributed by atoms with Crippen molar-refractivity contribution in [2.24, 2.45) is 0 Å². The van der Waals surface area contributed by atoms with Gasteiger partial charge in [0.05, 0.1) is 18.1 Å². The minimum atomic E-state index is -0.0573. The van der Waals surface area contributed by atoms with Gasteiger partial charge in [-0.3, -0.25) is 0 Å². The second-order valence-electron chi connectivity index (χ2n) is 3.82. The van der Waals surface area contributed by atoms with Gasteiger partial charge in [0.2, 0.25) is 0 Å². The Kier molecular flexibility index (Phi) is 4.58. The van der Waals surface area contributed by atoms with Crippen LogP contribution in [0, 0.1) is 6.92 Å². The molecular weight excluding hydrogens is 268 g/mol. The number of halogens is 1. The van der Waals surface area contributed by atoms with E-state index in [-0.39, 0.29) is 6.61 Å². The Morgan fingerprint density at radius 2 is 2.11 bits per heavy atom. The molecule has 1 aromatic carbocycles. The maximum atomic E-state index is 9.09. The van der Waals surface area contributed by atoms with Gasteiger partial charge in [0.1, 0.15) is 5.82 Å². The summed E-state index contributed by atoms with van der Waals surface area (Å²) in [4.78, 5) is 9.70. The molecule has 2 aromatic rings. The third kappa shape index (κ3) is 3.70. The van der Waals surface area contributed by atoms with Crippen molar-refractivity contribution in [2.45, 2.75) is 24.2 Å². The van der Waals surface area contributed by atoms with Gasteiger partial charge in [-0.25, -0.2) is 9.97 Å². The van der Waals surface area contributed by atoms with Crippen LogP contribution in [0.1, 0.15) is 17.2 Å². The van der Waals surface area contributed by atoms with Crippen LogP contribution in [0.3, 0.4) is 0 Å². The first-order chi connectivity index (χ1) is 8.67. The summed E-state index contributed by atoms with van der Waals surface area (Å²) in [6.07, 6.45) is 0. The summed E-state index contributed by atoms with van der Waals surface area (Å²) >= 11 is 7.55. The number of thioether (sulfide) groups is 1. The molecule has 0 aliphatic carbocycles. The third-order valence-corrected chi connectivity index (χ3v) is 3.50. The van der Waals surface area contributed by atoms with Crippen molar-refractivity contribution < 1.29 is 5.11 Å². The fraction of sp³-hybridized carbons (Fsp3) is 0.231. The number of hydrogen-bond donors (Lipinski definition) is 1. The molecule has 18 heavy (non-hydrogen) atoms. The van der Waals surface area contributed by atoms with Crippen LogP contribution in [0.5, 0.6) is 0 Å². The van der Waals surface area contributed by atoms with Gasteiger partial charge < -0.3 is 5.11 Å². The van der Waals surface area contributed by atoms with E-state index in [1.807, 2.05) is 31.2 Å². The van der Waals surface area contributed by atoms with Crippen LogP contribution in [0.2, 0.25) is 5.02 Å². The summed E-state index contributed by atoms with van der Waals surface area (Å²) in [6.45, 7) is 1.84. The monoisotopic (exact) mass is 280 g/mol. The Morgan fingerprint density at radius 3 is 2.83 bits per heavy atom. The fourth-order valence-corrected chi connectivity index (χ4v) is 2.62. The first-order valence-corrected chi connectivity index (χ1v) is 6.86. The summed E-state index contributed by atoms with van der Waals surface area (Å²) in [5.41, 5.74) is 1.53. The zero-order chi connectivity index (χ0) is 13.0. The molecule has 0 atom stereocenters. The van der Waals surface area contributed by atoms with Crippen LogP contribution in [-0.2, 0) is 12.4 Å². The molecule has 0 saturated heterocycles. The van der Waals surface area contributed by atoms with Crippen molar-refractivity contribution in [1.82, 2.24) is 9.97 Å². The molecule has 0 unspecified atom stereocenters. The quantitative estimate of drug-likeness (QED) is 0.874. The number of aryl methyl sites for hydroxylation is 1. The minimum absolute atomic E-state index is 0.0573. The fourth-order valence-electron chi connectivity index (χ4n) is 1.55. The number of aromatic nitrogens is 2. The molecule has 0 radical (unpaired) electrons. The molecule has 0 saturated carbocycles. The lowest BCUT2D eigenvalue weighted by molar-refractivity contribution is 0.276. The molecule has 3 nitrogen and oxygen atoms in total. The first-order valence-electron chi connectivity index (χ1n) is 5.50. The molecule has 0 amide bonds. The van der Waals surface area contributed by atoms with Gasteiger partial charge >= 0.3 is 0 Å². The molecule has 0 aliphatic rings. The van der Waals surface area contributed by atoms with Crippen molar-refractivity contribution in [1.29, 1.82) is 0 Å². The molecule has 94 valence electrons. The summed E-state index contributed by atoms with van der Waals surface area (Å²) in [7, 11) is 0. The van der Waals surface area contributed by atoms with Crippen LogP contribution in [0.15, 0.2) is 35.2 Å². The maximum absolute atomic E-state index is 9.09. The maximum Gasteiger partial charge on any atom is 0.139 e. The molecule has 1 aromatic heterocycles. The third-order valence-electron chi connectivity index (χ3n) is 2.28. The average Bonchev–Trinajstić information content (AvgIpc) is 2.36. The van der Waals surface area contributed by atoms with Crippen LogP contribution in [0.4, 0.5) is 0 Å². The molecular formula is C13H13ClN2OS. The van der Waals surface area contributed by atoms with Gasteiger partial charge in [0.15, 0.2) is 0 Å². The zero-order valence-corrected chi connectivity index (χ0v) is 11.5. The van der Waals surface area contributed by atoms with Crippen LogP contribution in [0.25, 0.3) is 0 Å². The van der Waals surface area contributed by atoms with E-state index in [4.69, 9.17) is 16.7 Å². The van der Waals surface area contributed by atoms with E-state index in [0.29, 0.717) is 11.4 Å². The van der Waals surface area contributed by atoms with E-state index in [0.717, 1.165) is 21.4 Å². The molecule has 0 fully saturated rings. The first kappa shape index (κ1) is 13.3. The molecule has 2 rings (SSSR count). The summed E-state index contributed by atoms with van der Waals surface area (Å²) < 4.78 is 0. The van der Waals surface area contributed by atoms with E-state index in [9.17, 15) is 0 Å². The smallest absolute Gasteiger partial charge is 0.139 e. The Balaban J connectivity index is 2.08. The highest BCUT2D eigenvalue weighted by atomic mass is 35.5. The highest BCUT2D eigenvalue weighted by Crippen LogP contribution is 2.24. The molecule has 0 bridgehead atoms. The van der Waals surface area contributed by atoms with Gasteiger partial charge in [0, 0.05) is 15.6 Å². The van der Waals surface area contributed by atoms with Crippen molar-refractivity contribution in [3.8, 4) is 0 Å². The Morgan fingerprint density at radius 1 is 1.28 bits per heavy atom. The Labute approximate surface area is 115 Å². The molecule has 0 aliphatic heterocycles. The van der Waals surface area contributed by atoms with Gasteiger partial charge in [-0.2, -0.15) is 0 Å². The normalized spacial score (nSPS) is 10.6. The predicted molar refractivity (Wildman–Crippen MR) is 73.7 cm³/mol. The van der Waals surface area contributed by atoms with Gasteiger partial charge in [-0.15, -0.1) is 11.8 Å². The number of benzene rings is 1. The van der Waals surface area contributed by atoms with Crippen LogP contribution >= 0.6 is 23.4 Å². The summed E-state index contributed by atoms with van der Waals surface area (Å²) in [5.74, 6) is 1.39. The SMILES string of the molecule is Cc1cc(CO)nc(CSc2cccc(Cl)c2)n1. The van der Waals surface area contributed by atoms with E-state index in [2.05, 4.69) is 9.97 Å². The van der Waals surface area contributed by atoms with E-state index in [1.165, 1.54) is 0 Å². The topological polar surface area (TPSA) is 46.0 Å². The Bertz CT molecular complexity index is 548. The lowest BCUT2D eigenvalue weighted by atomic mass is 10.3. The Hall–Kier alpha value is -1.10. The van der Waals surface area contributed by atoms with Gasteiger partial charge in [-0.05, 0) is 31.2 Å². The predicted octanol–water partition coefficient (Wildman–Crippen LogP) is 3.22. The number of nitrogens with zero attached hydrogens (tertiary/aromatic N) is 2. The second-order valence-corrected chi connectivity index (χ2v) is 5.31. The summed E-state index contributed by atoms with van der Waals surface area (Å²) in [6, 6.07) is 9.46. The van der Waals surface area contributed by atoms with E-state index >= 15 is 0 Å². The second kappa shape index (κ2) is 6.18. The largest absolute Gasteiger partial charge is 0.390 e. The molecule has 5 heteroatoms. The lowest BCUT2D eigenvalue weighted by Gasteiger charge is -2.04. The zero-order valence-electron chi connectivity index (χ0n) is 9.93. The number of hydrogen-bond acceptors (Lipinski definition) is 4. The van der Waals surface area contributed by atoms with Crippen LogP contribution < -0.4 is 0 Å². The standard InChI is InChI=1S/C13H13ClN2OS/c1-9-5-11(7-17)16-13(15-9)8-18-12-4-2-3-10(14)6-12/h2-6,17H,7-8H2,1H3. The van der Waals surface area contributed by atoms with Gasteiger partial charge in [0.25, 0.3) is 0 Å². The van der Waals surface area contributed by atoms with Crippen molar-refractivity contribution >= 4 is 23.4 Å². The van der Waals surface area contributed by atoms with Crippen molar-refractivity contribution in [3.05, 3.63) is 52.6 Å². The number of rotatable bonds is 4. The van der Waals surface area contributed by atoms with Crippen molar-refractivity contribution in [2.75, 3.05) is 0 Å². The number of aliphatic hydroxyl groups excluding tert-OH is 1. The van der Waals surface area contributed by atoms with Crippen molar-refractivity contribution in [3.63, 3.8) is 0 Å².